The number of rotatable bonds is 6. The van der Waals surface area contributed by atoms with Crippen LogP contribution in [0.2, 0.25) is 0 Å². The van der Waals surface area contributed by atoms with Gasteiger partial charge in [0.15, 0.2) is 0 Å². The second-order valence-corrected chi connectivity index (χ2v) is 5.88. The van der Waals surface area contributed by atoms with Crippen LogP contribution in [0, 0.1) is 0 Å². The highest BCUT2D eigenvalue weighted by Gasteiger charge is 2.11. The molecule has 1 unspecified atom stereocenters. The number of likely N-dealkylation sites (tertiary alicyclic amines) is 1. The van der Waals surface area contributed by atoms with Gasteiger partial charge in [0.25, 0.3) is 0 Å². The van der Waals surface area contributed by atoms with Crippen LogP contribution in [0.3, 0.4) is 0 Å². The van der Waals surface area contributed by atoms with Crippen LogP contribution in [0.25, 0.3) is 5.70 Å². The van der Waals surface area contributed by atoms with Gasteiger partial charge in [0.05, 0.1) is 5.69 Å². The lowest BCUT2D eigenvalue weighted by Gasteiger charge is -2.26. The standard InChI is InChI=1S/C17H25N5/c1-4-10-22(11-5-1)12-6-9-19-17-14-20-16(13-21-17)15-7-2-3-8-18-15/h2-3,7-8,13-14,17,19,21H,1,4-6,9-12H2. The van der Waals surface area contributed by atoms with Gasteiger partial charge in [-0.3, -0.25) is 15.3 Å². The zero-order chi connectivity index (χ0) is 15.0. The summed E-state index contributed by atoms with van der Waals surface area (Å²) in [6, 6.07) is 5.86. The summed E-state index contributed by atoms with van der Waals surface area (Å²) in [5.74, 6) is 0. The van der Waals surface area contributed by atoms with E-state index in [0.29, 0.717) is 0 Å². The largest absolute Gasteiger partial charge is 0.369 e. The molecule has 2 aliphatic heterocycles. The Morgan fingerprint density at radius 3 is 2.86 bits per heavy atom. The predicted octanol–water partition coefficient (Wildman–Crippen LogP) is 1.85. The lowest BCUT2D eigenvalue weighted by Crippen LogP contribution is -2.43. The molecule has 0 aromatic carbocycles. The van der Waals surface area contributed by atoms with Crippen LogP contribution in [0.5, 0.6) is 0 Å². The summed E-state index contributed by atoms with van der Waals surface area (Å²) in [5, 5.41) is 6.81. The van der Waals surface area contributed by atoms with Gasteiger partial charge in [-0.05, 0) is 57.6 Å². The SMILES string of the molecule is C1=NC(c2ccccn2)=CNC1NCCCN1CCCCC1. The fraction of sp³-hybridized carbons (Fsp3) is 0.529. The van der Waals surface area contributed by atoms with E-state index in [-0.39, 0.29) is 6.17 Å². The number of hydrogen-bond donors (Lipinski definition) is 2. The predicted molar refractivity (Wildman–Crippen MR) is 90.5 cm³/mol. The van der Waals surface area contributed by atoms with Crippen LogP contribution >= 0.6 is 0 Å². The lowest BCUT2D eigenvalue weighted by atomic mass is 10.1. The number of aliphatic imine (C=N–C) groups is 1. The van der Waals surface area contributed by atoms with Crippen molar-refractivity contribution in [3.63, 3.8) is 0 Å². The van der Waals surface area contributed by atoms with Crippen molar-refractivity contribution in [1.29, 1.82) is 0 Å². The molecular formula is C17H25N5. The van der Waals surface area contributed by atoms with Gasteiger partial charge in [0, 0.05) is 18.6 Å². The number of piperidine rings is 1. The molecular weight excluding hydrogens is 274 g/mol. The van der Waals surface area contributed by atoms with Crippen molar-refractivity contribution >= 4 is 11.9 Å². The van der Waals surface area contributed by atoms with E-state index >= 15 is 0 Å². The van der Waals surface area contributed by atoms with Gasteiger partial charge in [-0.1, -0.05) is 12.5 Å². The zero-order valence-electron chi connectivity index (χ0n) is 13.0. The molecule has 5 nitrogen and oxygen atoms in total. The second-order valence-electron chi connectivity index (χ2n) is 5.88. The Morgan fingerprint density at radius 2 is 2.14 bits per heavy atom. The van der Waals surface area contributed by atoms with Crippen LogP contribution in [-0.2, 0) is 0 Å². The minimum Gasteiger partial charge on any atom is -0.369 e. The smallest absolute Gasteiger partial charge is 0.113 e. The van der Waals surface area contributed by atoms with Crippen molar-refractivity contribution in [1.82, 2.24) is 20.5 Å². The van der Waals surface area contributed by atoms with Gasteiger partial charge < -0.3 is 10.2 Å². The molecule has 1 fully saturated rings. The van der Waals surface area contributed by atoms with Gasteiger partial charge >= 0.3 is 0 Å². The highest BCUT2D eigenvalue weighted by Crippen LogP contribution is 2.13. The summed E-state index contributed by atoms with van der Waals surface area (Å²) in [5.41, 5.74) is 1.78. The van der Waals surface area contributed by atoms with E-state index in [0.717, 1.165) is 17.9 Å². The van der Waals surface area contributed by atoms with Crippen LogP contribution in [0.1, 0.15) is 31.4 Å². The third-order valence-electron chi connectivity index (χ3n) is 4.15. The lowest BCUT2D eigenvalue weighted by molar-refractivity contribution is 0.225. The Kier molecular flexibility index (Phi) is 5.56. The first-order valence-corrected chi connectivity index (χ1v) is 8.29. The summed E-state index contributed by atoms with van der Waals surface area (Å²) >= 11 is 0. The van der Waals surface area contributed by atoms with E-state index in [9.17, 15) is 0 Å². The molecule has 3 heterocycles. The van der Waals surface area contributed by atoms with E-state index in [4.69, 9.17) is 0 Å². The number of aromatic nitrogens is 1. The fourth-order valence-electron chi connectivity index (χ4n) is 2.91. The number of pyridine rings is 1. The van der Waals surface area contributed by atoms with Crippen molar-refractivity contribution in [2.24, 2.45) is 4.99 Å². The van der Waals surface area contributed by atoms with Crippen LogP contribution < -0.4 is 10.6 Å². The summed E-state index contributed by atoms with van der Waals surface area (Å²) in [6.07, 6.45) is 11.1. The van der Waals surface area contributed by atoms with E-state index in [1.165, 1.54) is 45.3 Å². The highest BCUT2D eigenvalue weighted by molar-refractivity contribution is 5.77. The van der Waals surface area contributed by atoms with Gasteiger partial charge in [-0.2, -0.15) is 0 Å². The molecule has 0 bridgehead atoms. The summed E-state index contributed by atoms with van der Waals surface area (Å²) < 4.78 is 0. The molecule has 22 heavy (non-hydrogen) atoms. The van der Waals surface area contributed by atoms with Crippen molar-refractivity contribution < 1.29 is 0 Å². The molecule has 0 amide bonds. The van der Waals surface area contributed by atoms with Crippen molar-refractivity contribution in [2.75, 3.05) is 26.2 Å². The Labute approximate surface area is 132 Å². The first kappa shape index (κ1) is 15.2. The molecule has 5 heteroatoms. The molecule has 2 N–H and O–H groups in total. The van der Waals surface area contributed by atoms with Crippen LogP contribution in [0.15, 0.2) is 35.6 Å². The minimum absolute atomic E-state index is 0.119. The molecule has 3 rings (SSSR count). The third-order valence-corrected chi connectivity index (χ3v) is 4.15. The van der Waals surface area contributed by atoms with Gasteiger partial charge in [-0.25, -0.2) is 0 Å². The maximum atomic E-state index is 4.49. The maximum Gasteiger partial charge on any atom is 0.113 e. The van der Waals surface area contributed by atoms with E-state index < -0.39 is 0 Å². The normalized spacial score (nSPS) is 22.2. The summed E-state index contributed by atoms with van der Waals surface area (Å²) in [6.45, 7) is 4.76. The topological polar surface area (TPSA) is 52.6 Å². The first-order valence-electron chi connectivity index (χ1n) is 8.29. The summed E-state index contributed by atoms with van der Waals surface area (Å²) in [4.78, 5) is 11.4. The maximum absolute atomic E-state index is 4.49. The van der Waals surface area contributed by atoms with E-state index in [1.807, 2.05) is 30.6 Å². The zero-order valence-corrected chi connectivity index (χ0v) is 13.0. The molecule has 1 saturated heterocycles. The Morgan fingerprint density at radius 1 is 1.23 bits per heavy atom. The minimum atomic E-state index is 0.119. The molecule has 1 aromatic heterocycles. The first-order chi connectivity index (χ1) is 10.9. The molecule has 0 saturated carbocycles. The molecule has 118 valence electrons. The van der Waals surface area contributed by atoms with Crippen molar-refractivity contribution in [3.05, 3.63) is 36.3 Å². The van der Waals surface area contributed by atoms with Crippen LogP contribution in [-0.4, -0.2) is 48.4 Å². The third kappa shape index (κ3) is 4.39. The number of nitrogens with one attached hydrogen (secondary N) is 2. The number of nitrogens with zero attached hydrogens (tertiary/aromatic N) is 3. The van der Waals surface area contributed by atoms with Gasteiger partial charge in [0.2, 0.25) is 0 Å². The fourth-order valence-corrected chi connectivity index (χ4v) is 2.91. The van der Waals surface area contributed by atoms with E-state index in [2.05, 4.69) is 25.5 Å². The monoisotopic (exact) mass is 299 g/mol. The molecule has 0 radical (unpaired) electrons. The molecule has 1 atom stereocenters. The van der Waals surface area contributed by atoms with Gasteiger partial charge in [0.1, 0.15) is 11.9 Å². The van der Waals surface area contributed by atoms with Crippen molar-refractivity contribution in [3.8, 4) is 0 Å². The van der Waals surface area contributed by atoms with Gasteiger partial charge in [-0.15, -0.1) is 0 Å². The summed E-state index contributed by atoms with van der Waals surface area (Å²) in [7, 11) is 0. The average molecular weight is 299 g/mol. The Balaban J connectivity index is 1.35. The average Bonchev–Trinajstić information content (AvgIpc) is 2.61. The molecule has 0 aliphatic carbocycles. The Bertz CT molecular complexity index is 505. The molecule has 2 aliphatic rings. The molecule has 0 spiro atoms. The second kappa shape index (κ2) is 8.06. The quantitative estimate of drug-likeness (QED) is 0.787. The Hall–Kier alpha value is -1.72. The number of hydrogen-bond acceptors (Lipinski definition) is 5. The highest BCUT2D eigenvalue weighted by atomic mass is 15.2. The van der Waals surface area contributed by atoms with Crippen LogP contribution in [0.4, 0.5) is 0 Å². The van der Waals surface area contributed by atoms with E-state index in [1.54, 1.807) is 6.20 Å². The molecule has 1 aromatic rings. The van der Waals surface area contributed by atoms with Crippen molar-refractivity contribution in [2.45, 2.75) is 31.8 Å².